The van der Waals surface area contributed by atoms with E-state index in [-0.39, 0.29) is 5.75 Å². The summed E-state index contributed by atoms with van der Waals surface area (Å²) in [7, 11) is 1.43. The maximum atomic E-state index is 13.5. The van der Waals surface area contributed by atoms with Crippen molar-refractivity contribution in [2.75, 3.05) is 12.9 Å². The Labute approximate surface area is 122 Å². The molecule has 0 amide bonds. The first-order chi connectivity index (χ1) is 9.69. The van der Waals surface area contributed by atoms with Crippen LogP contribution in [0.4, 0.5) is 4.39 Å². The molecule has 0 radical (unpaired) electrons. The van der Waals surface area contributed by atoms with Gasteiger partial charge < -0.3 is 9.84 Å². The molecule has 2 rings (SSSR count). The molecule has 0 saturated carbocycles. The van der Waals surface area contributed by atoms with E-state index < -0.39 is 11.9 Å². The molecule has 0 bridgehead atoms. The normalized spacial score (nSPS) is 12.2. The molecule has 20 heavy (non-hydrogen) atoms. The third kappa shape index (κ3) is 4.25. The average molecular weight is 292 g/mol. The van der Waals surface area contributed by atoms with Gasteiger partial charge in [-0.05, 0) is 36.2 Å². The first kappa shape index (κ1) is 14.9. The fourth-order valence-electron chi connectivity index (χ4n) is 1.88. The van der Waals surface area contributed by atoms with Crippen LogP contribution in [-0.4, -0.2) is 24.1 Å². The SMILES string of the molecule is COc1ccc(CC(O)CSc2ccccc2)cc1F. The lowest BCUT2D eigenvalue weighted by molar-refractivity contribution is 0.200. The van der Waals surface area contributed by atoms with Crippen molar-refractivity contribution in [3.8, 4) is 5.75 Å². The van der Waals surface area contributed by atoms with E-state index >= 15 is 0 Å². The Kier molecular flexibility index (Phi) is 5.44. The summed E-state index contributed by atoms with van der Waals surface area (Å²) in [4.78, 5) is 1.12. The highest BCUT2D eigenvalue weighted by Gasteiger charge is 2.09. The van der Waals surface area contributed by atoms with Crippen molar-refractivity contribution in [2.45, 2.75) is 17.4 Å². The van der Waals surface area contributed by atoms with E-state index in [1.165, 1.54) is 13.2 Å². The van der Waals surface area contributed by atoms with Crippen LogP contribution in [0.2, 0.25) is 0 Å². The van der Waals surface area contributed by atoms with Gasteiger partial charge in [0.15, 0.2) is 11.6 Å². The molecule has 2 nitrogen and oxygen atoms in total. The number of hydrogen-bond acceptors (Lipinski definition) is 3. The van der Waals surface area contributed by atoms with Crippen molar-refractivity contribution < 1.29 is 14.2 Å². The van der Waals surface area contributed by atoms with Gasteiger partial charge in [0.05, 0.1) is 13.2 Å². The van der Waals surface area contributed by atoms with E-state index in [1.807, 2.05) is 30.3 Å². The maximum Gasteiger partial charge on any atom is 0.165 e. The largest absolute Gasteiger partial charge is 0.494 e. The van der Waals surface area contributed by atoms with E-state index in [4.69, 9.17) is 4.74 Å². The van der Waals surface area contributed by atoms with Crippen LogP contribution in [0.5, 0.6) is 5.75 Å². The Morgan fingerprint density at radius 1 is 1.20 bits per heavy atom. The van der Waals surface area contributed by atoms with Crippen molar-refractivity contribution >= 4 is 11.8 Å². The Bertz CT molecular complexity index is 545. The molecule has 1 atom stereocenters. The monoisotopic (exact) mass is 292 g/mol. The van der Waals surface area contributed by atoms with Gasteiger partial charge in [0.2, 0.25) is 0 Å². The number of rotatable bonds is 6. The molecule has 0 heterocycles. The quantitative estimate of drug-likeness (QED) is 0.826. The van der Waals surface area contributed by atoms with Gasteiger partial charge in [0, 0.05) is 10.6 Å². The highest BCUT2D eigenvalue weighted by molar-refractivity contribution is 7.99. The van der Waals surface area contributed by atoms with E-state index in [0.717, 1.165) is 10.5 Å². The number of thioether (sulfide) groups is 1. The summed E-state index contributed by atoms with van der Waals surface area (Å²) in [5, 5.41) is 10.0. The van der Waals surface area contributed by atoms with Crippen LogP contribution in [0.25, 0.3) is 0 Å². The number of halogens is 1. The summed E-state index contributed by atoms with van der Waals surface area (Å²) >= 11 is 1.59. The molecule has 106 valence electrons. The Balaban J connectivity index is 1.88. The molecule has 0 spiro atoms. The molecule has 0 aromatic heterocycles. The summed E-state index contributed by atoms with van der Waals surface area (Å²) in [6, 6.07) is 14.7. The van der Waals surface area contributed by atoms with Gasteiger partial charge in [-0.1, -0.05) is 24.3 Å². The zero-order chi connectivity index (χ0) is 14.4. The van der Waals surface area contributed by atoms with Crippen molar-refractivity contribution in [1.29, 1.82) is 0 Å². The van der Waals surface area contributed by atoms with Gasteiger partial charge in [-0.25, -0.2) is 4.39 Å². The molecule has 0 fully saturated rings. The maximum absolute atomic E-state index is 13.5. The lowest BCUT2D eigenvalue weighted by Gasteiger charge is -2.11. The third-order valence-electron chi connectivity index (χ3n) is 2.87. The molecule has 0 aliphatic rings. The predicted molar refractivity (Wildman–Crippen MR) is 79.8 cm³/mol. The van der Waals surface area contributed by atoms with Crippen molar-refractivity contribution in [3.05, 3.63) is 59.9 Å². The third-order valence-corrected chi connectivity index (χ3v) is 4.03. The topological polar surface area (TPSA) is 29.5 Å². The number of aliphatic hydroxyl groups is 1. The smallest absolute Gasteiger partial charge is 0.165 e. The van der Waals surface area contributed by atoms with Crippen LogP contribution in [0, 0.1) is 5.82 Å². The first-order valence-electron chi connectivity index (χ1n) is 6.37. The van der Waals surface area contributed by atoms with Crippen LogP contribution in [-0.2, 0) is 6.42 Å². The first-order valence-corrected chi connectivity index (χ1v) is 7.36. The summed E-state index contributed by atoms with van der Waals surface area (Å²) < 4.78 is 18.4. The minimum atomic E-state index is -0.506. The zero-order valence-electron chi connectivity index (χ0n) is 11.3. The summed E-state index contributed by atoms with van der Waals surface area (Å²) in [6.07, 6.45) is -0.0752. The number of benzene rings is 2. The number of methoxy groups -OCH3 is 1. The summed E-state index contributed by atoms with van der Waals surface area (Å²) in [6.45, 7) is 0. The van der Waals surface area contributed by atoms with E-state index in [0.29, 0.717) is 12.2 Å². The van der Waals surface area contributed by atoms with E-state index in [1.54, 1.807) is 23.9 Å². The molecule has 1 N–H and O–H groups in total. The minimum Gasteiger partial charge on any atom is -0.494 e. The minimum absolute atomic E-state index is 0.224. The standard InChI is InChI=1S/C16H17FO2S/c1-19-16-8-7-12(10-15(16)17)9-13(18)11-20-14-5-3-2-4-6-14/h2-8,10,13,18H,9,11H2,1H3. The van der Waals surface area contributed by atoms with Crippen LogP contribution in [0.3, 0.4) is 0 Å². The van der Waals surface area contributed by atoms with Gasteiger partial charge >= 0.3 is 0 Å². The average Bonchev–Trinajstić information content (AvgIpc) is 2.46. The van der Waals surface area contributed by atoms with Crippen molar-refractivity contribution in [2.24, 2.45) is 0 Å². The van der Waals surface area contributed by atoms with Crippen LogP contribution in [0.15, 0.2) is 53.4 Å². The second kappa shape index (κ2) is 7.31. The van der Waals surface area contributed by atoms with Gasteiger partial charge in [-0.2, -0.15) is 0 Å². The fourth-order valence-corrected chi connectivity index (χ4v) is 2.73. The van der Waals surface area contributed by atoms with Gasteiger partial charge in [0.25, 0.3) is 0 Å². The Morgan fingerprint density at radius 3 is 2.60 bits per heavy atom. The molecule has 1 unspecified atom stereocenters. The van der Waals surface area contributed by atoms with E-state index in [9.17, 15) is 9.50 Å². The van der Waals surface area contributed by atoms with E-state index in [2.05, 4.69) is 0 Å². The summed E-state index contributed by atoms with van der Waals surface area (Å²) in [5.74, 6) is 0.410. The lowest BCUT2D eigenvalue weighted by atomic mass is 10.1. The van der Waals surface area contributed by atoms with Crippen LogP contribution < -0.4 is 4.74 Å². The lowest BCUT2D eigenvalue weighted by Crippen LogP contribution is -2.13. The Hall–Kier alpha value is -1.52. The van der Waals surface area contributed by atoms with Crippen molar-refractivity contribution in [3.63, 3.8) is 0 Å². The van der Waals surface area contributed by atoms with Gasteiger partial charge in [0.1, 0.15) is 0 Å². The van der Waals surface area contributed by atoms with Gasteiger partial charge in [-0.15, -0.1) is 11.8 Å². The van der Waals surface area contributed by atoms with Crippen molar-refractivity contribution in [1.82, 2.24) is 0 Å². The Morgan fingerprint density at radius 2 is 1.95 bits per heavy atom. The number of hydrogen-bond donors (Lipinski definition) is 1. The highest BCUT2D eigenvalue weighted by Crippen LogP contribution is 2.21. The second-order valence-electron chi connectivity index (χ2n) is 4.45. The fraction of sp³-hybridized carbons (Fsp3) is 0.250. The zero-order valence-corrected chi connectivity index (χ0v) is 12.1. The highest BCUT2D eigenvalue weighted by atomic mass is 32.2. The van der Waals surface area contributed by atoms with Crippen LogP contribution in [0.1, 0.15) is 5.56 Å². The molecule has 4 heteroatoms. The molecule has 0 saturated heterocycles. The molecular weight excluding hydrogens is 275 g/mol. The second-order valence-corrected chi connectivity index (χ2v) is 5.54. The summed E-state index contributed by atoms with van der Waals surface area (Å²) in [5.41, 5.74) is 0.768. The van der Waals surface area contributed by atoms with Crippen LogP contribution >= 0.6 is 11.8 Å². The predicted octanol–water partition coefficient (Wildman–Crippen LogP) is 3.53. The van der Waals surface area contributed by atoms with Gasteiger partial charge in [-0.3, -0.25) is 0 Å². The number of ether oxygens (including phenoxy) is 1. The molecule has 2 aromatic rings. The molecule has 0 aliphatic carbocycles. The number of aliphatic hydroxyl groups excluding tert-OH is 1. The molecule has 0 aliphatic heterocycles. The molecular formula is C16H17FO2S. The molecule has 2 aromatic carbocycles.